The molecule has 7 rings (SSSR count). The van der Waals surface area contributed by atoms with Crippen molar-refractivity contribution in [1.82, 2.24) is 4.98 Å². The van der Waals surface area contributed by atoms with Crippen LogP contribution in [0.3, 0.4) is 0 Å². The van der Waals surface area contributed by atoms with E-state index < -0.39 is 29.7 Å². The predicted octanol–water partition coefficient (Wildman–Crippen LogP) is 12.9. The SMILES string of the molecule is C=C.C=CC(=O)OCCCCCCOc1ccc(C)cc1.C=CC(=O)OCCCCCCOc1ccc(OC(=O)C2CCC(C(=O)Oc3ccc(OC(=O)C4CCC(C(=O)OC)CC4)c(/C=N/N(O)c4nc5ccccc5s4)c3)CC2)cc1. The van der Waals surface area contributed by atoms with Gasteiger partial charge >= 0.3 is 35.8 Å². The molecule has 2 fully saturated rings. The molecule has 19 heteroatoms. The van der Waals surface area contributed by atoms with Gasteiger partial charge in [0.2, 0.25) is 5.13 Å². The minimum Gasteiger partial charge on any atom is -0.494 e. The Morgan fingerprint density at radius 2 is 1.01 bits per heavy atom. The summed E-state index contributed by atoms with van der Waals surface area (Å²) in [5.74, 6) is -1.54. The van der Waals surface area contributed by atoms with Gasteiger partial charge < -0.3 is 37.9 Å². The Hall–Kier alpha value is -8.16. The molecule has 4 aromatic carbocycles. The van der Waals surface area contributed by atoms with E-state index in [0.717, 1.165) is 74.5 Å². The zero-order chi connectivity index (χ0) is 59.8. The fraction of sp³-hybridized carbons (Fsp3) is 0.406. The van der Waals surface area contributed by atoms with Gasteiger partial charge in [-0.2, -0.15) is 5.10 Å². The molecule has 0 unspecified atom stereocenters. The van der Waals surface area contributed by atoms with Gasteiger partial charge in [0, 0.05) is 17.7 Å². The molecule has 0 aliphatic heterocycles. The van der Waals surface area contributed by atoms with Crippen LogP contribution in [0.1, 0.15) is 114 Å². The van der Waals surface area contributed by atoms with E-state index in [1.54, 1.807) is 24.3 Å². The summed E-state index contributed by atoms with van der Waals surface area (Å²) in [6.07, 6.45) is 14.8. The summed E-state index contributed by atoms with van der Waals surface area (Å²) in [6.45, 7) is 16.9. The number of hydrogen-bond donors (Lipinski definition) is 1. The van der Waals surface area contributed by atoms with Gasteiger partial charge in [0.1, 0.15) is 28.7 Å². The number of nitrogens with zero attached hydrogens (tertiary/aromatic N) is 3. The topological polar surface area (TPSA) is 225 Å². The van der Waals surface area contributed by atoms with Gasteiger partial charge in [-0.15, -0.1) is 18.3 Å². The Labute approximate surface area is 490 Å². The monoisotopic (exact) mass is 1160 g/mol. The number of hydrogen-bond acceptors (Lipinski definition) is 19. The second-order valence-corrected chi connectivity index (χ2v) is 20.6. The van der Waals surface area contributed by atoms with E-state index in [-0.39, 0.29) is 51.9 Å². The van der Waals surface area contributed by atoms with Gasteiger partial charge in [-0.3, -0.25) is 24.4 Å². The van der Waals surface area contributed by atoms with Crippen LogP contribution in [-0.4, -0.2) is 85.8 Å². The summed E-state index contributed by atoms with van der Waals surface area (Å²) in [5, 5.41) is 15.8. The molecule has 0 spiro atoms. The number of carbonyl (C=O) groups excluding carboxylic acids is 6. The Morgan fingerprint density at radius 1 is 0.578 bits per heavy atom. The smallest absolute Gasteiger partial charge is 0.330 e. The summed E-state index contributed by atoms with van der Waals surface area (Å²) in [5.41, 5.74) is 2.19. The third kappa shape index (κ3) is 23.0. The van der Waals surface area contributed by atoms with E-state index >= 15 is 0 Å². The van der Waals surface area contributed by atoms with Gasteiger partial charge in [-0.1, -0.05) is 54.3 Å². The lowest BCUT2D eigenvalue weighted by Crippen LogP contribution is -2.30. The maximum absolute atomic E-state index is 13.4. The molecule has 5 aromatic rings. The number of hydrazone groups is 1. The third-order valence-electron chi connectivity index (χ3n) is 13.7. The fourth-order valence-electron chi connectivity index (χ4n) is 8.98. The van der Waals surface area contributed by atoms with Crippen molar-refractivity contribution in [2.75, 3.05) is 38.7 Å². The van der Waals surface area contributed by atoms with Crippen molar-refractivity contribution in [3.05, 3.63) is 141 Å². The maximum atomic E-state index is 13.4. The first kappa shape index (κ1) is 65.6. The molecule has 18 nitrogen and oxygen atoms in total. The van der Waals surface area contributed by atoms with Crippen molar-refractivity contribution < 1.29 is 71.9 Å². The van der Waals surface area contributed by atoms with Crippen molar-refractivity contribution in [3.63, 3.8) is 0 Å². The maximum Gasteiger partial charge on any atom is 0.330 e. The number of fused-ring (bicyclic) bond motifs is 1. The second kappa shape index (κ2) is 36.3. The largest absolute Gasteiger partial charge is 0.494 e. The van der Waals surface area contributed by atoms with E-state index in [2.05, 4.69) is 43.3 Å². The number of para-hydroxylation sites is 1. The summed E-state index contributed by atoms with van der Waals surface area (Å²) in [6, 6.07) is 26.9. The molecule has 1 heterocycles. The number of methoxy groups -OCH3 is 1. The number of carbonyl (C=O) groups is 6. The molecule has 0 atom stereocenters. The van der Waals surface area contributed by atoms with Crippen LogP contribution >= 0.6 is 11.3 Å². The highest BCUT2D eigenvalue weighted by Crippen LogP contribution is 2.35. The number of thiazole rings is 1. The van der Waals surface area contributed by atoms with E-state index in [1.807, 2.05) is 48.5 Å². The van der Waals surface area contributed by atoms with E-state index in [1.165, 1.54) is 54.5 Å². The van der Waals surface area contributed by atoms with Crippen LogP contribution in [0.4, 0.5) is 5.13 Å². The number of rotatable bonds is 28. The minimum absolute atomic E-state index is 0.140. The molecule has 83 heavy (non-hydrogen) atoms. The first-order valence-corrected chi connectivity index (χ1v) is 28.9. The summed E-state index contributed by atoms with van der Waals surface area (Å²) >= 11 is 1.23. The molecule has 444 valence electrons. The lowest BCUT2D eigenvalue weighted by Gasteiger charge is -2.26. The standard InChI is InChI=1S/C46H51N3O12S.C16H22O3.C2H4/c1-3-41(50)58-27-9-5-4-8-26-57-35-20-22-36(23-21-35)59-43(52)31-16-18-32(19-17-31)44(53)60-37-24-25-39(61-45(54)33-14-12-30(13-15-33)42(51)56-2)34(28-37)29-47-49(55)46-48-38-10-6-7-11-40(38)62-46;1-3-16(17)19-13-7-5-4-6-12-18-15-10-8-14(2)9-11-15;1-2/h3,6-7,10-11,20-25,28-33,55H,1,4-5,8-9,12-19,26-27H2,2H3;3,8-11H,1,4-7,12-13H2,2H3;1-2H2/b47-29+;;. The van der Waals surface area contributed by atoms with Crippen LogP contribution in [0, 0.1) is 30.6 Å². The van der Waals surface area contributed by atoms with Crippen molar-refractivity contribution in [1.29, 1.82) is 0 Å². The summed E-state index contributed by atoms with van der Waals surface area (Å²) in [7, 11) is 1.35. The van der Waals surface area contributed by atoms with E-state index in [9.17, 15) is 34.0 Å². The highest BCUT2D eigenvalue weighted by atomic mass is 32.1. The zero-order valence-electron chi connectivity index (χ0n) is 47.6. The van der Waals surface area contributed by atoms with Crippen LogP contribution < -0.4 is 28.9 Å². The van der Waals surface area contributed by atoms with Crippen molar-refractivity contribution >= 4 is 68.7 Å². The average molecular weight is 1160 g/mol. The highest BCUT2D eigenvalue weighted by Gasteiger charge is 2.34. The minimum atomic E-state index is -0.470. The fourth-order valence-corrected chi connectivity index (χ4v) is 9.81. The summed E-state index contributed by atoms with van der Waals surface area (Å²) < 4.78 is 44.3. The number of aryl methyl sites for hydroxylation is 1. The van der Waals surface area contributed by atoms with Crippen molar-refractivity contribution in [2.24, 2.45) is 28.8 Å². The average Bonchev–Trinajstić information content (AvgIpc) is 4.03. The van der Waals surface area contributed by atoms with Crippen LogP contribution in [0.25, 0.3) is 10.2 Å². The normalized spacial score (nSPS) is 16.3. The number of benzene rings is 4. The summed E-state index contributed by atoms with van der Waals surface area (Å²) in [4.78, 5) is 78.0. The van der Waals surface area contributed by atoms with Gasteiger partial charge in [0.05, 0.1) is 73.6 Å². The van der Waals surface area contributed by atoms with E-state index in [0.29, 0.717) is 93.4 Å². The number of unbranched alkanes of at least 4 members (excludes halogenated alkanes) is 6. The van der Waals surface area contributed by atoms with Gasteiger partial charge in [0.25, 0.3) is 0 Å². The number of esters is 6. The van der Waals surface area contributed by atoms with Crippen molar-refractivity contribution in [3.8, 4) is 28.7 Å². The van der Waals surface area contributed by atoms with Gasteiger partial charge in [-0.25, -0.2) is 14.6 Å². The number of ether oxygens (including phenoxy) is 8. The molecular formula is C64H77N3O15S. The quantitative estimate of drug-likeness (QED) is 0.00718. The lowest BCUT2D eigenvalue weighted by atomic mass is 9.82. The molecule has 0 radical (unpaired) electrons. The molecule has 0 amide bonds. The van der Waals surface area contributed by atoms with Crippen LogP contribution in [0.2, 0.25) is 0 Å². The molecule has 1 N–H and O–H groups in total. The molecule has 2 aliphatic carbocycles. The highest BCUT2D eigenvalue weighted by molar-refractivity contribution is 7.22. The first-order chi connectivity index (χ1) is 40.3. The van der Waals surface area contributed by atoms with Crippen LogP contribution in [0.15, 0.2) is 135 Å². The zero-order valence-corrected chi connectivity index (χ0v) is 48.4. The molecule has 2 aliphatic rings. The molecule has 1 aromatic heterocycles. The van der Waals surface area contributed by atoms with Gasteiger partial charge in [0.15, 0.2) is 0 Å². The molecule has 2 saturated carbocycles. The number of aromatic nitrogens is 1. The Kier molecular flexibility index (Phi) is 28.7. The first-order valence-electron chi connectivity index (χ1n) is 28.1. The van der Waals surface area contributed by atoms with Crippen molar-refractivity contribution in [2.45, 2.75) is 110 Å². The lowest BCUT2D eigenvalue weighted by molar-refractivity contribution is -0.149. The van der Waals surface area contributed by atoms with Crippen LogP contribution in [0.5, 0.6) is 28.7 Å². The van der Waals surface area contributed by atoms with Crippen LogP contribution in [-0.2, 0) is 43.0 Å². The molecular weight excluding hydrogens is 1080 g/mol. The number of anilines is 1. The predicted molar refractivity (Wildman–Crippen MR) is 317 cm³/mol. The molecule has 0 saturated heterocycles. The van der Waals surface area contributed by atoms with Gasteiger partial charge in [-0.05, 0) is 176 Å². The molecule has 0 bridgehead atoms. The Bertz CT molecular complexity index is 2860. The second-order valence-electron chi connectivity index (χ2n) is 19.6. The Morgan fingerprint density at radius 3 is 1.51 bits per heavy atom. The van der Waals surface area contributed by atoms with E-state index in [4.69, 9.17) is 37.9 Å². The third-order valence-corrected chi connectivity index (χ3v) is 14.7. The Balaban J connectivity index is 0.000000507.